The maximum Gasteiger partial charge on any atom is 0.237 e. The van der Waals surface area contributed by atoms with Crippen molar-refractivity contribution in [2.45, 2.75) is 43.8 Å². The van der Waals surface area contributed by atoms with Crippen molar-refractivity contribution in [3.8, 4) is 11.5 Å². The van der Waals surface area contributed by atoms with Gasteiger partial charge in [-0.25, -0.2) is 4.39 Å². The minimum Gasteiger partial charge on any atom is -0.493 e. The van der Waals surface area contributed by atoms with Gasteiger partial charge in [-0.3, -0.25) is 4.79 Å². The molecule has 7 nitrogen and oxygen atoms in total. The number of halogens is 1. The van der Waals surface area contributed by atoms with Crippen LogP contribution in [0.25, 0.3) is 0 Å². The van der Waals surface area contributed by atoms with Crippen LogP contribution >= 0.6 is 11.8 Å². The van der Waals surface area contributed by atoms with Gasteiger partial charge in [0.25, 0.3) is 0 Å². The average molecular weight is 445 g/mol. The van der Waals surface area contributed by atoms with Gasteiger partial charge in [-0.1, -0.05) is 30.0 Å². The number of hydrogen-bond acceptors (Lipinski definition) is 6. The summed E-state index contributed by atoms with van der Waals surface area (Å²) in [6.45, 7) is 6.24. The molecule has 164 valence electrons. The number of aromatic nitrogens is 3. The van der Waals surface area contributed by atoms with Crippen LogP contribution in [0.4, 0.5) is 10.1 Å². The lowest BCUT2D eigenvalue weighted by Gasteiger charge is -2.18. The lowest BCUT2D eigenvalue weighted by Crippen LogP contribution is -2.23. The quantitative estimate of drug-likeness (QED) is 0.482. The smallest absolute Gasteiger partial charge is 0.237 e. The van der Waals surface area contributed by atoms with Crippen LogP contribution < -0.4 is 14.8 Å². The van der Waals surface area contributed by atoms with E-state index in [9.17, 15) is 9.18 Å². The molecule has 2 unspecified atom stereocenters. The predicted molar refractivity (Wildman–Crippen MR) is 118 cm³/mol. The van der Waals surface area contributed by atoms with Crippen molar-refractivity contribution in [2.75, 3.05) is 12.4 Å². The number of thioether (sulfide) groups is 1. The number of benzene rings is 2. The second-order valence-electron chi connectivity index (χ2n) is 6.76. The number of nitrogens with one attached hydrogen (secondary N) is 1. The van der Waals surface area contributed by atoms with Crippen molar-refractivity contribution in [3.63, 3.8) is 0 Å². The number of ether oxygens (including phenoxy) is 2. The lowest BCUT2D eigenvalue weighted by molar-refractivity contribution is -0.115. The number of nitrogens with zero attached hydrogens (tertiary/aromatic N) is 3. The van der Waals surface area contributed by atoms with E-state index >= 15 is 0 Å². The number of hydrogen-bond donors (Lipinski definition) is 1. The highest BCUT2D eigenvalue weighted by atomic mass is 32.2. The summed E-state index contributed by atoms with van der Waals surface area (Å²) in [5.74, 6) is 1.24. The minimum atomic E-state index is -0.462. The van der Waals surface area contributed by atoms with Gasteiger partial charge in [-0.2, -0.15) is 0 Å². The van der Waals surface area contributed by atoms with Gasteiger partial charge >= 0.3 is 0 Å². The number of amides is 1. The molecular weight excluding hydrogens is 419 g/mol. The number of carbonyl (C=O) groups is 1. The van der Waals surface area contributed by atoms with Crippen molar-refractivity contribution < 1.29 is 18.7 Å². The zero-order valence-electron chi connectivity index (χ0n) is 17.8. The maximum atomic E-state index is 13.3. The van der Waals surface area contributed by atoms with Crippen LogP contribution in [-0.4, -0.2) is 33.0 Å². The van der Waals surface area contributed by atoms with Gasteiger partial charge in [0, 0.05) is 12.2 Å². The van der Waals surface area contributed by atoms with Crippen LogP contribution in [0.15, 0.2) is 53.7 Å². The molecule has 1 amide bonds. The highest BCUT2D eigenvalue weighted by Crippen LogP contribution is 2.31. The van der Waals surface area contributed by atoms with Gasteiger partial charge in [0.2, 0.25) is 5.91 Å². The minimum absolute atomic E-state index is 0.249. The molecule has 1 N–H and O–H groups in total. The van der Waals surface area contributed by atoms with Crippen molar-refractivity contribution in [1.29, 1.82) is 0 Å². The second-order valence-corrected chi connectivity index (χ2v) is 8.06. The fourth-order valence-corrected chi connectivity index (χ4v) is 3.89. The Labute approximate surface area is 185 Å². The highest BCUT2D eigenvalue weighted by Gasteiger charge is 2.23. The molecule has 1 aromatic heterocycles. The van der Waals surface area contributed by atoms with E-state index < -0.39 is 11.1 Å². The van der Waals surface area contributed by atoms with E-state index in [1.54, 1.807) is 26.2 Å². The molecule has 0 bridgehead atoms. The summed E-state index contributed by atoms with van der Waals surface area (Å²) >= 11 is 1.28. The van der Waals surface area contributed by atoms with Crippen LogP contribution in [0.1, 0.15) is 32.7 Å². The van der Waals surface area contributed by atoms with Crippen molar-refractivity contribution >= 4 is 23.4 Å². The van der Waals surface area contributed by atoms with E-state index in [0.717, 1.165) is 0 Å². The third-order valence-corrected chi connectivity index (χ3v) is 5.62. The Morgan fingerprint density at radius 1 is 1.16 bits per heavy atom. The normalized spacial score (nSPS) is 12.8. The largest absolute Gasteiger partial charge is 0.493 e. The number of para-hydroxylation sites is 2. The van der Waals surface area contributed by atoms with Crippen LogP contribution in [0.2, 0.25) is 0 Å². The summed E-state index contributed by atoms with van der Waals surface area (Å²) in [5.41, 5.74) is 0.411. The third kappa shape index (κ3) is 5.55. The Hall–Kier alpha value is -3.07. The Bertz CT molecular complexity index is 1040. The fourth-order valence-electron chi connectivity index (χ4n) is 2.97. The van der Waals surface area contributed by atoms with E-state index in [4.69, 9.17) is 9.47 Å². The molecule has 0 aliphatic carbocycles. The summed E-state index contributed by atoms with van der Waals surface area (Å²) in [6.07, 6.45) is -0.380. The first-order valence-electron chi connectivity index (χ1n) is 9.88. The Balaban J connectivity index is 1.71. The number of carbonyl (C=O) groups excluding carboxylic acids is 1. The van der Waals surface area contributed by atoms with E-state index in [-0.39, 0.29) is 12.0 Å². The molecule has 3 aromatic rings. The SMILES string of the molecule is CCn1c(SC(C)C(=O)Nc2cccc(F)c2)nnc1C(C)Oc1ccccc1OC. The van der Waals surface area contributed by atoms with Crippen LogP contribution in [-0.2, 0) is 11.3 Å². The number of anilines is 1. The number of rotatable bonds is 9. The average Bonchev–Trinajstić information content (AvgIpc) is 3.16. The zero-order valence-corrected chi connectivity index (χ0v) is 18.6. The van der Waals surface area contributed by atoms with E-state index in [2.05, 4.69) is 15.5 Å². The molecule has 0 fully saturated rings. The lowest BCUT2D eigenvalue weighted by atomic mass is 10.3. The summed E-state index contributed by atoms with van der Waals surface area (Å²) in [6, 6.07) is 13.2. The molecule has 1 heterocycles. The summed E-state index contributed by atoms with van der Waals surface area (Å²) in [5, 5.41) is 11.4. The first kappa shape index (κ1) is 22.6. The van der Waals surface area contributed by atoms with Crippen molar-refractivity contribution in [1.82, 2.24) is 14.8 Å². The number of methoxy groups -OCH3 is 1. The molecule has 31 heavy (non-hydrogen) atoms. The Morgan fingerprint density at radius 2 is 1.90 bits per heavy atom. The molecule has 0 spiro atoms. The Kier molecular flexibility index (Phi) is 7.51. The first-order chi connectivity index (χ1) is 14.9. The van der Waals surface area contributed by atoms with Gasteiger partial charge in [0.05, 0.1) is 12.4 Å². The molecule has 9 heteroatoms. The molecule has 0 aliphatic rings. The van der Waals surface area contributed by atoms with Crippen LogP contribution in [0.5, 0.6) is 11.5 Å². The standard InChI is InChI=1S/C22H25FN4O3S/c1-5-27-20(14(2)30-19-12-7-6-11-18(19)29-4)25-26-22(27)31-15(3)21(28)24-17-10-8-9-16(23)13-17/h6-15H,5H2,1-4H3,(H,24,28). The van der Waals surface area contributed by atoms with E-state index in [1.807, 2.05) is 42.7 Å². The predicted octanol–water partition coefficient (Wildman–Crippen LogP) is 4.71. The summed E-state index contributed by atoms with van der Waals surface area (Å²) < 4.78 is 26.6. The molecule has 0 saturated heterocycles. The zero-order chi connectivity index (χ0) is 22.4. The molecule has 2 aromatic carbocycles. The monoisotopic (exact) mass is 444 g/mol. The fraction of sp³-hybridized carbons (Fsp3) is 0.318. The van der Waals surface area contributed by atoms with Crippen LogP contribution in [0, 0.1) is 5.82 Å². The third-order valence-electron chi connectivity index (χ3n) is 4.54. The van der Waals surface area contributed by atoms with Crippen molar-refractivity contribution in [2.24, 2.45) is 0 Å². The molecule has 0 radical (unpaired) electrons. The van der Waals surface area contributed by atoms with Crippen LogP contribution in [0.3, 0.4) is 0 Å². The van der Waals surface area contributed by atoms with E-state index in [1.165, 1.54) is 23.9 Å². The van der Waals surface area contributed by atoms with Gasteiger partial charge < -0.3 is 19.4 Å². The van der Waals surface area contributed by atoms with Gasteiger partial charge in [0.1, 0.15) is 5.82 Å². The van der Waals surface area contributed by atoms with Gasteiger partial charge in [-0.05, 0) is 51.1 Å². The van der Waals surface area contributed by atoms with Gasteiger partial charge in [0.15, 0.2) is 28.6 Å². The highest BCUT2D eigenvalue weighted by molar-refractivity contribution is 8.00. The molecule has 2 atom stereocenters. The van der Waals surface area contributed by atoms with Gasteiger partial charge in [-0.15, -0.1) is 10.2 Å². The first-order valence-corrected chi connectivity index (χ1v) is 10.8. The second kappa shape index (κ2) is 10.3. The molecule has 3 rings (SSSR count). The summed E-state index contributed by atoms with van der Waals surface area (Å²) in [7, 11) is 1.59. The topological polar surface area (TPSA) is 78.3 Å². The molecular formula is C22H25FN4O3S. The van der Waals surface area contributed by atoms with Crippen molar-refractivity contribution in [3.05, 3.63) is 60.2 Å². The molecule has 0 aliphatic heterocycles. The van der Waals surface area contributed by atoms with E-state index in [0.29, 0.717) is 34.7 Å². The molecule has 0 saturated carbocycles. The summed E-state index contributed by atoms with van der Waals surface area (Å²) in [4.78, 5) is 12.5. The maximum absolute atomic E-state index is 13.3. The Morgan fingerprint density at radius 3 is 2.58 bits per heavy atom.